The van der Waals surface area contributed by atoms with Crippen LogP contribution < -0.4 is 0 Å². The average molecular weight is 332 g/mol. The highest BCUT2D eigenvalue weighted by atomic mass is 16.4. The molecule has 0 saturated carbocycles. The van der Waals surface area contributed by atoms with E-state index in [-0.39, 0.29) is 0 Å². The number of rotatable bonds is 4. The van der Waals surface area contributed by atoms with Crippen LogP contribution in [0.5, 0.6) is 0 Å². The third kappa shape index (κ3) is 5.19. The summed E-state index contributed by atoms with van der Waals surface area (Å²) in [4.78, 5) is 20.8. The zero-order valence-electron chi connectivity index (χ0n) is 13.4. The zero-order chi connectivity index (χ0) is 18.3. The summed E-state index contributed by atoms with van der Waals surface area (Å²) in [6.07, 6.45) is -2.82. The van der Waals surface area contributed by atoms with Gasteiger partial charge < -0.3 is 20.4 Å². The topological polar surface area (TPSA) is 115 Å². The fourth-order valence-electron chi connectivity index (χ4n) is 2.05. The molecule has 6 heteroatoms. The van der Waals surface area contributed by atoms with E-state index in [1.54, 1.807) is 62.4 Å². The molecule has 0 aliphatic heterocycles. The molecular formula is C18H20O6. The zero-order valence-corrected chi connectivity index (χ0v) is 13.4. The molecule has 2 atom stereocenters. The van der Waals surface area contributed by atoms with Gasteiger partial charge in [-0.25, -0.2) is 9.59 Å². The monoisotopic (exact) mass is 332 g/mol. The maximum atomic E-state index is 10.4. The predicted octanol–water partition coefficient (Wildman–Crippen LogP) is 2.23. The molecule has 128 valence electrons. The van der Waals surface area contributed by atoms with Gasteiger partial charge in [0.1, 0.15) is 0 Å². The van der Waals surface area contributed by atoms with Gasteiger partial charge in [-0.05, 0) is 36.1 Å². The molecular weight excluding hydrogens is 312 g/mol. The molecule has 0 unspecified atom stereocenters. The maximum Gasteiger partial charge on any atom is 0.337 e. The van der Waals surface area contributed by atoms with Gasteiger partial charge in [-0.2, -0.15) is 0 Å². The van der Waals surface area contributed by atoms with Gasteiger partial charge in [0.25, 0.3) is 0 Å². The van der Waals surface area contributed by atoms with Crippen LogP contribution in [0.3, 0.4) is 0 Å². The van der Waals surface area contributed by atoms with Gasteiger partial charge in [-0.3, -0.25) is 0 Å². The van der Waals surface area contributed by atoms with Crippen molar-refractivity contribution in [3.05, 3.63) is 70.8 Å². The number of carboxylic acids is 2. The Labute approximate surface area is 139 Å². The van der Waals surface area contributed by atoms with Gasteiger partial charge in [-0.1, -0.05) is 48.5 Å². The van der Waals surface area contributed by atoms with Crippen molar-refractivity contribution in [3.63, 3.8) is 0 Å². The average Bonchev–Trinajstić information content (AvgIpc) is 2.55. The largest absolute Gasteiger partial charge is 0.479 e. The second-order valence-electron chi connectivity index (χ2n) is 5.19. The van der Waals surface area contributed by atoms with Gasteiger partial charge in [0.15, 0.2) is 12.2 Å². The summed E-state index contributed by atoms with van der Waals surface area (Å²) < 4.78 is 0. The normalized spacial score (nSPS) is 12.5. The van der Waals surface area contributed by atoms with E-state index in [9.17, 15) is 19.8 Å². The Morgan fingerprint density at radius 2 is 1.00 bits per heavy atom. The predicted molar refractivity (Wildman–Crippen MR) is 87.5 cm³/mol. The van der Waals surface area contributed by atoms with Gasteiger partial charge in [-0.15, -0.1) is 0 Å². The van der Waals surface area contributed by atoms with Crippen LogP contribution >= 0.6 is 0 Å². The summed E-state index contributed by atoms with van der Waals surface area (Å²) in [5.74, 6) is -2.44. The van der Waals surface area contributed by atoms with Crippen LogP contribution in [0, 0.1) is 13.8 Å². The number of aliphatic carboxylic acids is 2. The molecule has 4 N–H and O–H groups in total. The van der Waals surface area contributed by atoms with E-state index in [1.807, 2.05) is 0 Å². The molecule has 0 heterocycles. The Bertz CT molecular complexity index is 649. The number of benzene rings is 2. The van der Waals surface area contributed by atoms with E-state index in [0.29, 0.717) is 11.1 Å². The summed E-state index contributed by atoms with van der Waals surface area (Å²) in [7, 11) is 0. The van der Waals surface area contributed by atoms with Crippen molar-refractivity contribution in [3.8, 4) is 0 Å². The molecule has 0 fully saturated rings. The number of carbonyl (C=O) groups is 2. The molecule has 0 spiro atoms. The lowest BCUT2D eigenvalue weighted by Gasteiger charge is -2.07. The molecule has 6 nitrogen and oxygen atoms in total. The van der Waals surface area contributed by atoms with E-state index >= 15 is 0 Å². The lowest BCUT2D eigenvalue weighted by atomic mass is 10.0. The van der Waals surface area contributed by atoms with E-state index < -0.39 is 24.1 Å². The van der Waals surface area contributed by atoms with Crippen molar-refractivity contribution in [1.82, 2.24) is 0 Å². The van der Waals surface area contributed by atoms with Crippen molar-refractivity contribution in [2.24, 2.45) is 0 Å². The molecule has 0 aliphatic carbocycles. The van der Waals surface area contributed by atoms with Crippen molar-refractivity contribution in [2.45, 2.75) is 26.1 Å². The fraction of sp³-hybridized carbons (Fsp3) is 0.222. The first kappa shape index (κ1) is 19.3. The van der Waals surface area contributed by atoms with Crippen LogP contribution in [-0.4, -0.2) is 32.4 Å². The van der Waals surface area contributed by atoms with Crippen LogP contribution in [-0.2, 0) is 9.59 Å². The minimum atomic E-state index is -1.41. The van der Waals surface area contributed by atoms with Gasteiger partial charge in [0, 0.05) is 0 Å². The van der Waals surface area contributed by atoms with Gasteiger partial charge in [0.05, 0.1) is 0 Å². The first-order chi connectivity index (χ1) is 11.3. The molecule has 2 rings (SSSR count). The number of aliphatic hydroxyl groups is 2. The summed E-state index contributed by atoms with van der Waals surface area (Å²) in [5.41, 5.74) is 2.47. The highest BCUT2D eigenvalue weighted by Gasteiger charge is 2.17. The molecule has 0 amide bonds. The standard InChI is InChI=1S/2C9H10O3/c2*1-6-4-2-3-5-7(6)8(10)9(11)12/h2*2-5,8,10H,1H3,(H,11,12)/t2*8-/m10/s1. The van der Waals surface area contributed by atoms with Crippen molar-refractivity contribution >= 4 is 11.9 Å². The number of carboxylic acid groups (broad SMARTS) is 2. The SMILES string of the molecule is Cc1ccccc1[C@@H](O)C(=O)O.Cc1ccccc1[C@H](O)C(=O)O. The Balaban J connectivity index is 0.000000240. The third-order valence-corrected chi connectivity index (χ3v) is 3.43. The van der Waals surface area contributed by atoms with Crippen molar-refractivity contribution < 1.29 is 30.0 Å². The van der Waals surface area contributed by atoms with E-state index in [1.165, 1.54) is 0 Å². The van der Waals surface area contributed by atoms with E-state index in [0.717, 1.165) is 11.1 Å². The smallest absolute Gasteiger partial charge is 0.337 e. The van der Waals surface area contributed by atoms with Crippen LogP contribution in [0.15, 0.2) is 48.5 Å². The lowest BCUT2D eigenvalue weighted by Crippen LogP contribution is -2.11. The Morgan fingerprint density at radius 3 is 1.25 bits per heavy atom. The first-order valence-electron chi connectivity index (χ1n) is 7.18. The van der Waals surface area contributed by atoms with Crippen LogP contribution in [0.2, 0.25) is 0 Å². The van der Waals surface area contributed by atoms with Crippen LogP contribution in [0.4, 0.5) is 0 Å². The molecule has 2 aromatic rings. The summed E-state index contributed by atoms with van der Waals surface area (Å²) >= 11 is 0. The summed E-state index contributed by atoms with van der Waals surface area (Å²) in [6.45, 7) is 3.53. The quantitative estimate of drug-likeness (QED) is 0.682. The molecule has 0 aromatic heterocycles. The summed E-state index contributed by atoms with van der Waals surface area (Å²) in [5, 5.41) is 35.4. The maximum absolute atomic E-state index is 10.4. The van der Waals surface area contributed by atoms with Crippen molar-refractivity contribution in [1.29, 1.82) is 0 Å². The fourth-order valence-corrected chi connectivity index (χ4v) is 2.05. The summed E-state index contributed by atoms with van der Waals surface area (Å²) in [6, 6.07) is 13.7. The molecule has 0 aliphatic rings. The number of aryl methyl sites for hydroxylation is 2. The first-order valence-corrected chi connectivity index (χ1v) is 7.18. The van der Waals surface area contributed by atoms with Crippen LogP contribution in [0.1, 0.15) is 34.5 Å². The minimum Gasteiger partial charge on any atom is -0.479 e. The number of hydrogen-bond acceptors (Lipinski definition) is 4. The number of aliphatic hydroxyl groups excluding tert-OH is 2. The van der Waals surface area contributed by atoms with E-state index in [2.05, 4.69) is 0 Å². The van der Waals surface area contributed by atoms with Gasteiger partial charge >= 0.3 is 11.9 Å². The third-order valence-electron chi connectivity index (χ3n) is 3.43. The van der Waals surface area contributed by atoms with Gasteiger partial charge in [0.2, 0.25) is 0 Å². The Morgan fingerprint density at radius 1 is 0.708 bits per heavy atom. The van der Waals surface area contributed by atoms with Crippen molar-refractivity contribution in [2.75, 3.05) is 0 Å². The Hall–Kier alpha value is -2.70. The second-order valence-corrected chi connectivity index (χ2v) is 5.19. The van der Waals surface area contributed by atoms with Crippen LogP contribution in [0.25, 0.3) is 0 Å². The Kier molecular flexibility index (Phi) is 7.10. The second kappa shape index (κ2) is 8.81. The highest BCUT2D eigenvalue weighted by molar-refractivity contribution is 5.75. The number of hydrogen-bond donors (Lipinski definition) is 4. The molecule has 2 aromatic carbocycles. The molecule has 0 saturated heterocycles. The molecule has 0 radical (unpaired) electrons. The van der Waals surface area contributed by atoms with E-state index in [4.69, 9.17) is 10.2 Å². The molecule has 24 heavy (non-hydrogen) atoms. The minimum absolute atomic E-state index is 0.449. The lowest BCUT2D eigenvalue weighted by molar-refractivity contribution is -0.147. The molecule has 0 bridgehead atoms. The highest BCUT2D eigenvalue weighted by Crippen LogP contribution is 2.17.